The molecule has 134 valence electrons. The summed E-state index contributed by atoms with van der Waals surface area (Å²) in [7, 11) is 0. The zero-order valence-electron chi connectivity index (χ0n) is 13.8. The standard InChI is InChI=1S/C19H16F3N3O/c20-15-4-1-13(2-5-15)18(12-23)24-7-9-25(10-8-24)19(26)14-3-6-16(21)17(22)11-14/h1-6,11,18H,7-10H2/t18-/m1/s1. The SMILES string of the molecule is N#C[C@H](c1ccc(F)cc1)N1CCN(C(=O)c2ccc(F)c(F)c2)CC1. The maximum Gasteiger partial charge on any atom is 0.254 e. The number of nitrogens with zero attached hydrogens (tertiary/aromatic N) is 3. The van der Waals surface area contributed by atoms with Crippen LogP contribution in [0.3, 0.4) is 0 Å². The van der Waals surface area contributed by atoms with E-state index in [1.807, 2.05) is 4.90 Å². The minimum atomic E-state index is -1.06. The van der Waals surface area contributed by atoms with Crippen LogP contribution in [0.5, 0.6) is 0 Å². The molecule has 4 nitrogen and oxygen atoms in total. The number of piperazine rings is 1. The van der Waals surface area contributed by atoms with E-state index in [1.54, 1.807) is 17.0 Å². The number of benzene rings is 2. The average molecular weight is 359 g/mol. The van der Waals surface area contributed by atoms with E-state index < -0.39 is 17.7 Å². The molecule has 2 aromatic rings. The molecule has 0 aliphatic carbocycles. The second kappa shape index (κ2) is 7.58. The molecule has 0 saturated carbocycles. The molecule has 0 N–H and O–H groups in total. The van der Waals surface area contributed by atoms with Gasteiger partial charge in [-0.2, -0.15) is 5.26 Å². The van der Waals surface area contributed by atoms with Crippen molar-refractivity contribution in [2.75, 3.05) is 26.2 Å². The Morgan fingerprint density at radius 1 is 0.962 bits per heavy atom. The van der Waals surface area contributed by atoms with Crippen LogP contribution in [-0.4, -0.2) is 41.9 Å². The molecule has 0 unspecified atom stereocenters. The summed E-state index contributed by atoms with van der Waals surface area (Å²) in [5.74, 6) is -2.80. The van der Waals surface area contributed by atoms with Crippen molar-refractivity contribution in [2.45, 2.75) is 6.04 Å². The van der Waals surface area contributed by atoms with Crippen LogP contribution in [0, 0.1) is 28.8 Å². The molecule has 0 bridgehead atoms. The van der Waals surface area contributed by atoms with Crippen molar-refractivity contribution in [1.82, 2.24) is 9.80 Å². The number of hydrogen-bond donors (Lipinski definition) is 0. The highest BCUT2D eigenvalue weighted by Gasteiger charge is 2.27. The summed E-state index contributed by atoms with van der Waals surface area (Å²) in [5.41, 5.74) is 0.780. The lowest BCUT2D eigenvalue weighted by molar-refractivity contribution is 0.0605. The summed E-state index contributed by atoms with van der Waals surface area (Å²) >= 11 is 0. The van der Waals surface area contributed by atoms with Crippen LogP contribution in [0.2, 0.25) is 0 Å². The molecule has 1 amide bonds. The Bertz CT molecular complexity index is 840. The van der Waals surface area contributed by atoms with Crippen molar-refractivity contribution >= 4 is 5.91 Å². The average Bonchev–Trinajstić information content (AvgIpc) is 2.66. The van der Waals surface area contributed by atoms with Crippen LogP contribution >= 0.6 is 0 Å². The number of amides is 1. The van der Waals surface area contributed by atoms with Crippen molar-refractivity contribution in [3.8, 4) is 6.07 Å². The van der Waals surface area contributed by atoms with Gasteiger partial charge in [-0.3, -0.25) is 9.69 Å². The van der Waals surface area contributed by atoms with Gasteiger partial charge in [-0.05, 0) is 35.9 Å². The van der Waals surface area contributed by atoms with Gasteiger partial charge < -0.3 is 4.90 Å². The largest absolute Gasteiger partial charge is 0.336 e. The summed E-state index contributed by atoms with van der Waals surface area (Å²) in [6.45, 7) is 1.62. The smallest absolute Gasteiger partial charge is 0.254 e. The second-order valence-corrected chi connectivity index (χ2v) is 6.04. The van der Waals surface area contributed by atoms with Gasteiger partial charge in [0.1, 0.15) is 11.9 Å². The zero-order valence-corrected chi connectivity index (χ0v) is 13.8. The molecule has 3 rings (SSSR count). The molecule has 0 aromatic heterocycles. The third-order valence-corrected chi connectivity index (χ3v) is 4.44. The van der Waals surface area contributed by atoms with Crippen LogP contribution in [0.15, 0.2) is 42.5 Å². The number of rotatable bonds is 3. The molecule has 1 saturated heterocycles. The summed E-state index contributed by atoms with van der Waals surface area (Å²) in [4.78, 5) is 15.9. The van der Waals surface area contributed by atoms with Crippen molar-refractivity contribution in [2.24, 2.45) is 0 Å². The quantitative estimate of drug-likeness (QED) is 0.846. The van der Waals surface area contributed by atoms with Gasteiger partial charge in [-0.15, -0.1) is 0 Å². The van der Waals surface area contributed by atoms with Gasteiger partial charge in [-0.25, -0.2) is 13.2 Å². The number of nitriles is 1. The normalized spacial score (nSPS) is 16.2. The van der Waals surface area contributed by atoms with Crippen LogP contribution in [0.1, 0.15) is 22.0 Å². The van der Waals surface area contributed by atoms with Crippen LogP contribution in [0.25, 0.3) is 0 Å². The van der Waals surface area contributed by atoms with Gasteiger partial charge in [0, 0.05) is 31.7 Å². The summed E-state index contributed by atoms with van der Waals surface area (Å²) in [5, 5.41) is 9.47. The minimum absolute atomic E-state index is 0.0905. The minimum Gasteiger partial charge on any atom is -0.336 e. The molecular formula is C19H16F3N3O. The van der Waals surface area contributed by atoms with E-state index in [0.717, 1.165) is 12.1 Å². The fourth-order valence-corrected chi connectivity index (χ4v) is 3.01. The van der Waals surface area contributed by atoms with E-state index >= 15 is 0 Å². The van der Waals surface area contributed by atoms with Crippen LogP contribution in [0.4, 0.5) is 13.2 Å². The second-order valence-electron chi connectivity index (χ2n) is 6.04. The zero-order chi connectivity index (χ0) is 18.7. The molecule has 1 fully saturated rings. The van der Waals surface area contributed by atoms with Gasteiger partial charge in [-0.1, -0.05) is 12.1 Å². The lowest BCUT2D eigenvalue weighted by Crippen LogP contribution is -2.49. The Labute approximate surface area is 149 Å². The Balaban J connectivity index is 1.66. The highest BCUT2D eigenvalue weighted by Crippen LogP contribution is 2.22. The van der Waals surface area contributed by atoms with Crippen LogP contribution in [-0.2, 0) is 0 Å². The molecular weight excluding hydrogens is 343 g/mol. The fraction of sp³-hybridized carbons (Fsp3) is 0.263. The molecule has 26 heavy (non-hydrogen) atoms. The molecule has 1 heterocycles. The number of carbonyl (C=O) groups excluding carboxylic acids is 1. The lowest BCUT2D eigenvalue weighted by atomic mass is 10.1. The molecule has 0 radical (unpaired) electrons. The molecule has 1 aliphatic heterocycles. The Morgan fingerprint density at radius 2 is 1.62 bits per heavy atom. The number of carbonyl (C=O) groups is 1. The summed E-state index contributed by atoms with van der Waals surface area (Å²) in [6.07, 6.45) is 0. The van der Waals surface area contributed by atoms with Crippen molar-refractivity contribution in [1.29, 1.82) is 5.26 Å². The third-order valence-electron chi connectivity index (χ3n) is 4.44. The Morgan fingerprint density at radius 3 is 2.19 bits per heavy atom. The van der Waals surface area contributed by atoms with Gasteiger partial charge in [0.25, 0.3) is 5.91 Å². The predicted molar refractivity (Wildman–Crippen MR) is 88.6 cm³/mol. The number of halogens is 3. The van der Waals surface area contributed by atoms with E-state index in [2.05, 4.69) is 6.07 Å². The van der Waals surface area contributed by atoms with E-state index in [0.29, 0.717) is 31.7 Å². The summed E-state index contributed by atoms with van der Waals surface area (Å²) in [6, 6.07) is 10.5. The monoisotopic (exact) mass is 359 g/mol. The molecule has 0 spiro atoms. The first-order valence-corrected chi connectivity index (χ1v) is 8.13. The Kier molecular flexibility index (Phi) is 5.24. The Hall–Kier alpha value is -2.85. The highest BCUT2D eigenvalue weighted by molar-refractivity contribution is 5.94. The topological polar surface area (TPSA) is 47.3 Å². The molecule has 7 heteroatoms. The summed E-state index contributed by atoms with van der Waals surface area (Å²) < 4.78 is 39.4. The van der Waals surface area contributed by atoms with E-state index in [1.165, 1.54) is 18.2 Å². The van der Waals surface area contributed by atoms with E-state index in [4.69, 9.17) is 0 Å². The van der Waals surface area contributed by atoms with Crippen molar-refractivity contribution in [3.63, 3.8) is 0 Å². The van der Waals surface area contributed by atoms with Gasteiger partial charge in [0.2, 0.25) is 0 Å². The fourth-order valence-electron chi connectivity index (χ4n) is 3.01. The van der Waals surface area contributed by atoms with Crippen molar-refractivity contribution in [3.05, 3.63) is 71.0 Å². The van der Waals surface area contributed by atoms with E-state index in [9.17, 15) is 23.2 Å². The maximum atomic E-state index is 13.3. The van der Waals surface area contributed by atoms with Crippen LogP contribution < -0.4 is 0 Å². The first-order valence-electron chi connectivity index (χ1n) is 8.13. The van der Waals surface area contributed by atoms with Gasteiger partial charge in [0.15, 0.2) is 11.6 Å². The van der Waals surface area contributed by atoms with Gasteiger partial charge >= 0.3 is 0 Å². The molecule has 2 aromatic carbocycles. The first-order chi connectivity index (χ1) is 12.5. The van der Waals surface area contributed by atoms with E-state index in [-0.39, 0.29) is 17.3 Å². The number of hydrogen-bond acceptors (Lipinski definition) is 3. The first kappa shape index (κ1) is 18.0. The highest BCUT2D eigenvalue weighted by atomic mass is 19.2. The maximum absolute atomic E-state index is 13.3. The molecule has 1 aliphatic rings. The third kappa shape index (κ3) is 3.70. The lowest BCUT2D eigenvalue weighted by Gasteiger charge is -2.37. The predicted octanol–water partition coefficient (Wildman–Crippen LogP) is 3.13. The van der Waals surface area contributed by atoms with Gasteiger partial charge in [0.05, 0.1) is 6.07 Å². The molecule has 1 atom stereocenters. The van der Waals surface area contributed by atoms with Crippen molar-refractivity contribution < 1.29 is 18.0 Å².